The fourth-order valence-electron chi connectivity index (χ4n) is 1.36. The number of hydrogen-bond acceptors (Lipinski definition) is 3. The van der Waals surface area contributed by atoms with Crippen LogP contribution >= 0.6 is 11.8 Å². The van der Waals surface area contributed by atoms with E-state index in [2.05, 4.69) is 17.4 Å². The first-order valence-corrected chi connectivity index (χ1v) is 6.44. The van der Waals surface area contributed by atoms with Crippen molar-refractivity contribution < 1.29 is 4.79 Å². The van der Waals surface area contributed by atoms with Gasteiger partial charge in [-0.2, -0.15) is 0 Å². The van der Waals surface area contributed by atoms with Gasteiger partial charge in [-0.15, -0.1) is 0 Å². The van der Waals surface area contributed by atoms with Crippen molar-refractivity contribution >= 4 is 22.8 Å². The average molecular weight is 251 g/mol. The molecule has 0 radical (unpaired) electrons. The zero-order valence-electron chi connectivity index (χ0n) is 9.61. The lowest BCUT2D eigenvalue weighted by molar-refractivity contribution is -0.118. The molecular formula is C12H17N3OS. The maximum Gasteiger partial charge on any atom is 0.230 e. The summed E-state index contributed by atoms with van der Waals surface area (Å²) in [5.41, 5.74) is 6.42. The minimum atomic E-state index is -0.0711. The van der Waals surface area contributed by atoms with Crippen LogP contribution in [0.5, 0.6) is 0 Å². The zero-order valence-corrected chi connectivity index (χ0v) is 10.4. The molecule has 0 aliphatic carbocycles. The maximum atomic E-state index is 11.3. The van der Waals surface area contributed by atoms with Gasteiger partial charge in [0.25, 0.3) is 0 Å². The van der Waals surface area contributed by atoms with Crippen LogP contribution in [0.3, 0.4) is 0 Å². The molecule has 1 aromatic carbocycles. The minimum Gasteiger partial charge on any atom is -0.379 e. The lowest BCUT2D eigenvalue weighted by Gasteiger charge is -2.04. The third-order valence-corrected chi connectivity index (χ3v) is 2.88. The van der Waals surface area contributed by atoms with E-state index in [0.29, 0.717) is 6.54 Å². The summed E-state index contributed by atoms with van der Waals surface area (Å²) in [6.07, 6.45) is 1.88. The van der Waals surface area contributed by atoms with Gasteiger partial charge in [-0.3, -0.25) is 10.2 Å². The molecule has 0 aliphatic rings. The van der Waals surface area contributed by atoms with E-state index in [1.54, 1.807) is 0 Å². The van der Waals surface area contributed by atoms with Gasteiger partial charge >= 0.3 is 0 Å². The highest BCUT2D eigenvalue weighted by molar-refractivity contribution is 8.14. The van der Waals surface area contributed by atoms with E-state index in [4.69, 9.17) is 11.1 Å². The first kappa shape index (κ1) is 13.6. The molecule has 1 rings (SSSR count). The Labute approximate surface area is 105 Å². The molecule has 1 amide bonds. The number of rotatable bonds is 6. The molecule has 0 aliphatic heterocycles. The number of nitrogens with two attached hydrogens (primary N) is 1. The maximum absolute atomic E-state index is 11.3. The topological polar surface area (TPSA) is 79.0 Å². The molecule has 0 fully saturated rings. The highest BCUT2D eigenvalue weighted by Crippen LogP contribution is 2.01. The monoisotopic (exact) mass is 251 g/mol. The standard InChI is InChI=1S/C12H17N3OS/c13-12(14)17-9-11(16)15-8-4-7-10-5-2-1-3-6-10/h1-3,5-6H,4,7-9H2,(H3,13,14)(H,15,16). The summed E-state index contributed by atoms with van der Waals surface area (Å²) in [5.74, 6) is 0.152. The van der Waals surface area contributed by atoms with E-state index in [1.807, 2.05) is 18.2 Å². The van der Waals surface area contributed by atoms with Gasteiger partial charge in [0.2, 0.25) is 5.91 Å². The molecule has 1 aromatic rings. The molecule has 0 heterocycles. The number of carbonyl (C=O) groups excluding carboxylic acids is 1. The predicted octanol–water partition coefficient (Wildman–Crippen LogP) is 1.36. The number of carbonyl (C=O) groups is 1. The van der Waals surface area contributed by atoms with Gasteiger partial charge in [0, 0.05) is 6.54 Å². The van der Waals surface area contributed by atoms with Crippen LogP contribution in [0.4, 0.5) is 0 Å². The Kier molecular flexibility index (Phi) is 6.17. The summed E-state index contributed by atoms with van der Waals surface area (Å²) >= 11 is 1.04. The number of benzene rings is 1. The largest absolute Gasteiger partial charge is 0.379 e. The van der Waals surface area contributed by atoms with Crippen LogP contribution in [0, 0.1) is 5.41 Å². The Morgan fingerprint density at radius 3 is 2.71 bits per heavy atom. The Balaban J connectivity index is 2.08. The summed E-state index contributed by atoms with van der Waals surface area (Å²) in [5, 5.41) is 9.75. The highest BCUT2D eigenvalue weighted by Gasteiger charge is 2.01. The number of hydrogen-bond donors (Lipinski definition) is 3. The van der Waals surface area contributed by atoms with Crippen LogP contribution in [0.15, 0.2) is 30.3 Å². The second-order valence-corrected chi connectivity index (χ2v) is 4.61. The van der Waals surface area contributed by atoms with Gasteiger partial charge < -0.3 is 11.1 Å². The van der Waals surface area contributed by atoms with E-state index >= 15 is 0 Å². The fraction of sp³-hybridized carbons (Fsp3) is 0.333. The second kappa shape index (κ2) is 7.73. The Morgan fingerprint density at radius 1 is 1.35 bits per heavy atom. The van der Waals surface area contributed by atoms with Crippen LogP contribution < -0.4 is 11.1 Å². The summed E-state index contributed by atoms with van der Waals surface area (Å²) < 4.78 is 0. The van der Waals surface area contributed by atoms with Crippen molar-refractivity contribution in [1.82, 2.24) is 5.32 Å². The summed E-state index contributed by atoms with van der Waals surface area (Å²) in [7, 11) is 0. The molecule has 0 saturated heterocycles. The van der Waals surface area contributed by atoms with Crippen LogP contribution in [-0.4, -0.2) is 23.4 Å². The van der Waals surface area contributed by atoms with Crippen molar-refractivity contribution in [2.75, 3.05) is 12.3 Å². The molecule has 17 heavy (non-hydrogen) atoms. The lowest BCUT2D eigenvalue weighted by Crippen LogP contribution is -2.27. The van der Waals surface area contributed by atoms with E-state index in [1.165, 1.54) is 5.56 Å². The van der Waals surface area contributed by atoms with Gasteiger partial charge in [-0.25, -0.2) is 0 Å². The first-order chi connectivity index (χ1) is 8.18. The summed E-state index contributed by atoms with van der Waals surface area (Å²) in [6.45, 7) is 0.659. The van der Waals surface area contributed by atoms with Crippen molar-refractivity contribution in [2.24, 2.45) is 5.73 Å². The average Bonchev–Trinajstić information content (AvgIpc) is 2.33. The molecule has 0 saturated carbocycles. The van der Waals surface area contributed by atoms with Crippen molar-refractivity contribution in [3.8, 4) is 0 Å². The van der Waals surface area contributed by atoms with Crippen LogP contribution in [0.25, 0.3) is 0 Å². The quantitative estimate of drug-likeness (QED) is 0.406. The number of thioether (sulfide) groups is 1. The third-order valence-electron chi connectivity index (χ3n) is 2.17. The number of nitrogens with one attached hydrogen (secondary N) is 2. The molecule has 5 heteroatoms. The SMILES string of the molecule is N=C(N)SCC(=O)NCCCc1ccccc1. The molecule has 4 nitrogen and oxygen atoms in total. The van der Waals surface area contributed by atoms with Gasteiger partial charge in [-0.1, -0.05) is 42.1 Å². The van der Waals surface area contributed by atoms with Crippen molar-refractivity contribution in [3.63, 3.8) is 0 Å². The Bertz CT molecular complexity index is 367. The number of aryl methyl sites for hydroxylation is 1. The Morgan fingerprint density at radius 2 is 2.06 bits per heavy atom. The normalized spacial score (nSPS) is 9.88. The molecule has 92 valence electrons. The summed E-state index contributed by atoms with van der Waals surface area (Å²) in [4.78, 5) is 11.3. The van der Waals surface area contributed by atoms with Crippen molar-refractivity contribution in [3.05, 3.63) is 35.9 Å². The third kappa shape index (κ3) is 6.63. The fourth-order valence-corrected chi connectivity index (χ4v) is 1.75. The van der Waals surface area contributed by atoms with Gasteiger partial charge in [0.05, 0.1) is 5.75 Å². The molecule has 4 N–H and O–H groups in total. The first-order valence-electron chi connectivity index (χ1n) is 5.46. The van der Waals surface area contributed by atoms with Crippen molar-refractivity contribution in [1.29, 1.82) is 5.41 Å². The van der Waals surface area contributed by atoms with E-state index in [9.17, 15) is 4.79 Å². The molecule has 0 bridgehead atoms. The predicted molar refractivity (Wildman–Crippen MR) is 72.1 cm³/mol. The van der Waals surface area contributed by atoms with E-state index in [-0.39, 0.29) is 16.8 Å². The molecule has 0 aromatic heterocycles. The molecule has 0 atom stereocenters. The second-order valence-electron chi connectivity index (χ2n) is 3.59. The number of amides is 1. The molecular weight excluding hydrogens is 234 g/mol. The van der Waals surface area contributed by atoms with Crippen molar-refractivity contribution in [2.45, 2.75) is 12.8 Å². The smallest absolute Gasteiger partial charge is 0.230 e. The zero-order chi connectivity index (χ0) is 12.5. The van der Waals surface area contributed by atoms with Crippen LogP contribution in [0.2, 0.25) is 0 Å². The summed E-state index contributed by atoms with van der Waals surface area (Å²) in [6, 6.07) is 10.2. The van der Waals surface area contributed by atoms with Gasteiger partial charge in [0.1, 0.15) is 0 Å². The molecule has 0 unspecified atom stereocenters. The van der Waals surface area contributed by atoms with Gasteiger partial charge in [-0.05, 0) is 18.4 Å². The van der Waals surface area contributed by atoms with E-state index < -0.39 is 0 Å². The Hall–Kier alpha value is -1.49. The van der Waals surface area contributed by atoms with Crippen LogP contribution in [0.1, 0.15) is 12.0 Å². The number of amidine groups is 1. The highest BCUT2D eigenvalue weighted by atomic mass is 32.2. The van der Waals surface area contributed by atoms with Gasteiger partial charge in [0.15, 0.2) is 5.17 Å². The van der Waals surface area contributed by atoms with E-state index in [0.717, 1.165) is 24.6 Å². The minimum absolute atomic E-state index is 0.0237. The van der Waals surface area contributed by atoms with Crippen LogP contribution in [-0.2, 0) is 11.2 Å². The lowest BCUT2D eigenvalue weighted by atomic mass is 10.1. The molecule has 0 spiro atoms.